The summed E-state index contributed by atoms with van der Waals surface area (Å²) >= 11 is 6.02. The smallest absolute Gasteiger partial charge is 0.323 e. The molecule has 8 heteroatoms. The Labute approximate surface area is 153 Å². The third kappa shape index (κ3) is 3.13. The number of carbonyl (C=O) groups excluding carboxylic acids is 1. The number of benzene rings is 1. The van der Waals surface area contributed by atoms with Crippen LogP contribution in [0.5, 0.6) is 0 Å². The molecule has 26 heavy (non-hydrogen) atoms. The lowest BCUT2D eigenvalue weighted by Gasteiger charge is -2.12. The lowest BCUT2D eigenvalue weighted by atomic mass is 10.2. The van der Waals surface area contributed by atoms with Crippen LogP contribution in [0, 0.1) is 13.8 Å². The second-order valence-corrected chi connectivity index (χ2v) is 6.45. The summed E-state index contributed by atoms with van der Waals surface area (Å²) in [5.41, 5.74) is 0.988. The Kier molecular flexibility index (Phi) is 4.65. The number of hydrogen-bond donors (Lipinski definition) is 1. The zero-order valence-corrected chi connectivity index (χ0v) is 15.3. The average Bonchev–Trinajstić information content (AvgIpc) is 2.58. The van der Waals surface area contributed by atoms with Gasteiger partial charge in [0.05, 0.1) is 16.1 Å². The van der Waals surface area contributed by atoms with Crippen molar-refractivity contribution in [2.75, 3.05) is 5.32 Å². The molecule has 0 radical (unpaired) electrons. The van der Waals surface area contributed by atoms with E-state index in [0.29, 0.717) is 33.0 Å². The zero-order valence-electron chi connectivity index (χ0n) is 14.5. The number of halogens is 1. The summed E-state index contributed by atoms with van der Waals surface area (Å²) < 4.78 is 2.18. The van der Waals surface area contributed by atoms with E-state index >= 15 is 0 Å². The van der Waals surface area contributed by atoms with E-state index in [1.54, 1.807) is 44.2 Å². The van der Waals surface area contributed by atoms with Crippen LogP contribution in [0.1, 0.15) is 11.3 Å². The molecule has 0 atom stereocenters. The van der Waals surface area contributed by atoms with Crippen molar-refractivity contribution in [1.82, 2.24) is 14.1 Å². The summed E-state index contributed by atoms with van der Waals surface area (Å²) in [5.74, 6) is -0.519. The fourth-order valence-corrected chi connectivity index (χ4v) is 3.04. The summed E-state index contributed by atoms with van der Waals surface area (Å²) in [4.78, 5) is 42.0. The van der Waals surface area contributed by atoms with E-state index in [9.17, 15) is 14.4 Å². The van der Waals surface area contributed by atoms with Crippen molar-refractivity contribution in [2.24, 2.45) is 7.05 Å². The standard InChI is InChI=1S/C18H17ClN4O3/c1-10-8-11(2)20-16-15(10)17(25)23(18(26)22(16)3)9-14(24)21-13-7-5-4-6-12(13)19/h4-8H,9H2,1-3H3,(H,21,24). The van der Waals surface area contributed by atoms with Crippen molar-refractivity contribution in [3.05, 3.63) is 67.4 Å². The maximum atomic E-state index is 12.8. The number of nitrogens with zero attached hydrogens (tertiary/aromatic N) is 3. The molecule has 1 amide bonds. The maximum Gasteiger partial charge on any atom is 0.332 e. The van der Waals surface area contributed by atoms with Crippen molar-refractivity contribution in [3.63, 3.8) is 0 Å². The summed E-state index contributed by atoms with van der Waals surface area (Å²) in [6.45, 7) is 3.15. The molecule has 7 nitrogen and oxygen atoms in total. The number of nitrogens with one attached hydrogen (secondary N) is 1. The van der Waals surface area contributed by atoms with Gasteiger partial charge in [-0.25, -0.2) is 9.78 Å². The minimum absolute atomic E-state index is 0.306. The Morgan fingerprint density at radius 3 is 2.62 bits per heavy atom. The quantitative estimate of drug-likeness (QED) is 0.762. The van der Waals surface area contributed by atoms with Gasteiger partial charge in [-0.15, -0.1) is 0 Å². The molecule has 0 spiro atoms. The number of carbonyl (C=O) groups is 1. The molecule has 0 bridgehead atoms. The first-order chi connectivity index (χ1) is 12.3. The molecule has 0 saturated heterocycles. The third-order valence-electron chi connectivity index (χ3n) is 4.07. The number of pyridine rings is 1. The van der Waals surface area contributed by atoms with Gasteiger partial charge < -0.3 is 5.32 Å². The predicted octanol–water partition coefficient (Wildman–Crippen LogP) is 2.00. The topological polar surface area (TPSA) is 86.0 Å². The maximum absolute atomic E-state index is 12.8. The average molecular weight is 373 g/mol. The highest BCUT2D eigenvalue weighted by molar-refractivity contribution is 6.33. The number of fused-ring (bicyclic) bond motifs is 1. The normalized spacial score (nSPS) is 10.9. The molecule has 3 rings (SSSR count). The number of aryl methyl sites for hydroxylation is 3. The molecule has 1 N–H and O–H groups in total. The van der Waals surface area contributed by atoms with Crippen molar-refractivity contribution in [3.8, 4) is 0 Å². The number of anilines is 1. The van der Waals surface area contributed by atoms with Gasteiger partial charge in [0.25, 0.3) is 5.56 Å². The summed E-state index contributed by atoms with van der Waals surface area (Å²) in [6.07, 6.45) is 0. The molecule has 0 saturated carbocycles. The fourth-order valence-electron chi connectivity index (χ4n) is 2.85. The summed E-state index contributed by atoms with van der Waals surface area (Å²) in [5, 5.41) is 3.30. The highest BCUT2D eigenvalue weighted by atomic mass is 35.5. The first kappa shape index (κ1) is 17.9. The van der Waals surface area contributed by atoms with Crippen LogP contribution in [0.2, 0.25) is 5.02 Å². The molecule has 2 heterocycles. The molecule has 0 aliphatic carbocycles. The van der Waals surface area contributed by atoms with Gasteiger partial charge in [0, 0.05) is 12.7 Å². The number of para-hydroxylation sites is 1. The SMILES string of the molecule is Cc1cc(C)c2c(=O)n(CC(=O)Nc3ccccc3Cl)c(=O)n(C)c2n1. The fraction of sp³-hybridized carbons (Fsp3) is 0.222. The van der Waals surface area contributed by atoms with Crippen molar-refractivity contribution < 1.29 is 4.79 Å². The lowest BCUT2D eigenvalue weighted by Crippen LogP contribution is -2.42. The second-order valence-electron chi connectivity index (χ2n) is 6.04. The van der Waals surface area contributed by atoms with E-state index in [2.05, 4.69) is 10.3 Å². The molecule has 3 aromatic rings. The van der Waals surface area contributed by atoms with Crippen LogP contribution in [-0.4, -0.2) is 20.0 Å². The van der Waals surface area contributed by atoms with Gasteiger partial charge in [-0.3, -0.25) is 18.7 Å². The Balaban J connectivity index is 2.06. The van der Waals surface area contributed by atoms with Crippen molar-refractivity contribution >= 4 is 34.2 Å². The van der Waals surface area contributed by atoms with Crippen LogP contribution in [0.3, 0.4) is 0 Å². The van der Waals surface area contributed by atoms with E-state index in [-0.39, 0.29) is 0 Å². The highest BCUT2D eigenvalue weighted by Crippen LogP contribution is 2.20. The Morgan fingerprint density at radius 2 is 1.92 bits per heavy atom. The minimum Gasteiger partial charge on any atom is -0.323 e. The minimum atomic E-state index is -0.602. The summed E-state index contributed by atoms with van der Waals surface area (Å²) in [6, 6.07) is 8.50. The van der Waals surface area contributed by atoms with Gasteiger partial charge >= 0.3 is 5.69 Å². The van der Waals surface area contributed by atoms with Crippen LogP contribution in [0.4, 0.5) is 5.69 Å². The molecule has 134 valence electrons. The van der Waals surface area contributed by atoms with E-state index in [0.717, 1.165) is 4.57 Å². The van der Waals surface area contributed by atoms with Crippen LogP contribution >= 0.6 is 11.6 Å². The molecular weight excluding hydrogens is 356 g/mol. The van der Waals surface area contributed by atoms with Gasteiger partial charge in [-0.2, -0.15) is 0 Å². The van der Waals surface area contributed by atoms with Crippen molar-refractivity contribution in [2.45, 2.75) is 20.4 Å². The Hall–Kier alpha value is -2.93. The monoisotopic (exact) mass is 372 g/mol. The van der Waals surface area contributed by atoms with Crippen LogP contribution < -0.4 is 16.6 Å². The number of rotatable bonds is 3. The van der Waals surface area contributed by atoms with E-state index in [4.69, 9.17) is 11.6 Å². The predicted molar refractivity (Wildman–Crippen MR) is 101 cm³/mol. The first-order valence-corrected chi connectivity index (χ1v) is 8.29. The molecule has 1 aromatic carbocycles. The van der Waals surface area contributed by atoms with Gasteiger partial charge in [0.1, 0.15) is 12.2 Å². The molecule has 0 unspecified atom stereocenters. The van der Waals surface area contributed by atoms with E-state index in [1.807, 2.05) is 0 Å². The largest absolute Gasteiger partial charge is 0.332 e. The lowest BCUT2D eigenvalue weighted by molar-refractivity contribution is -0.116. The molecule has 0 fully saturated rings. The first-order valence-electron chi connectivity index (χ1n) is 7.91. The van der Waals surface area contributed by atoms with Gasteiger partial charge in [0.2, 0.25) is 5.91 Å². The van der Waals surface area contributed by atoms with Gasteiger partial charge in [-0.1, -0.05) is 23.7 Å². The van der Waals surface area contributed by atoms with Crippen molar-refractivity contribution in [1.29, 1.82) is 0 Å². The van der Waals surface area contributed by atoms with Crippen LogP contribution in [0.25, 0.3) is 11.0 Å². The molecular formula is C18H17ClN4O3. The number of amides is 1. The summed E-state index contributed by atoms with van der Waals surface area (Å²) in [7, 11) is 1.53. The van der Waals surface area contributed by atoms with Crippen LogP contribution in [0.15, 0.2) is 39.9 Å². The molecule has 0 aliphatic heterocycles. The molecule has 0 aliphatic rings. The third-order valence-corrected chi connectivity index (χ3v) is 4.40. The van der Waals surface area contributed by atoms with Gasteiger partial charge in [-0.05, 0) is 37.6 Å². The number of aromatic nitrogens is 3. The zero-order chi connectivity index (χ0) is 19.0. The highest BCUT2D eigenvalue weighted by Gasteiger charge is 2.17. The Morgan fingerprint density at radius 1 is 1.23 bits per heavy atom. The van der Waals surface area contributed by atoms with E-state index in [1.165, 1.54) is 11.6 Å². The Bertz CT molecular complexity index is 1150. The van der Waals surface area contributed by atoms with E-state index < -0.39 is 23.7 Å². The second kappa shape index (κ2) is 6.76. The van der Waals surface area contributed by atoms with Gasteiger partial charge in [0.15, 0.2) is 0 Å². The van der Waals surface area contributed by atoms with Crippen LogP contribution in [-0.2, 0) is 18.4 Å². The molecule has 2 aromatic heterocycles. The number of hydrogen-bond acceptors (Lipinski definition) is 4.